The van der Waals surface area contributed by atoms with Gasteiger partial charge in [-0.05, 0) is 117 Å². The van der Waals surface area contributed by atoms with Crippen LogP contribution >= 0.6 is 0 Å². The van der Waals surface area contributed by atoms with E-state index in [1.165, 1.54) is 44.1 Å². The normalized spacial score (nSPS) is 53.6. The lowest BCUT2D eigenvalue weighted by Crippen LogP contribution is -2.67. The molecule has 5 aliphatic rings. The van der Waals surface area contributed by atoms with Gasteiger partial charge in [0.15, 0.2) is 0 Å². The third-order valence-corrected chi connectivity index (χ3v) is 13.3. The van der Waals surface area contributed by atoms with Crippen molar-refractivity contribution in [3.63, 3.8) is 0 Å². The van der Waals surface area contributed by atoms with Gasteiger partial charge in [-0.3, -0.25) is 4.79 Å². The van der Waals surface area contributed by atoms with Gasteiger partial charge < -0.3 is 9.84 Å². The zero-order valence-electron chi connectivity index (χ0n) is 23.0. The van der Waals surface area contributed by atoms with Crippen molar-refractivity contribution in [2.75, 3.05) is 0 Å². The second-order valence-electron chi connectivity index (χ2n) is 14.7. The minimum absolute atomic E-state index is 0.0150. The van der Waals surface area contributed by atoms with E-state index < -0.39 is 5.60 Å². The van der Waals surface area contributed by atoms with E-state index in [0.29, 0.717) is 35.0 Å². The Hall–Kier alpha value is -0.830. The summed E-state index contributed by atoms with van der Waals surface area (Å²) in [5.41, 5.74) is 1.70. The minimum Gasteiger partial charge on any atom is -0.462 e. The Morgan fingerprint density at radius 1 is 0.824 bits per heavy atom. The summed E-state index contributed by atoms with van der Waals surface area (Å²) in [5, 5.41) is 11.8. The maximum atomic E-state index is 11.9. The minimum atomic E-state index is -0.470. The summed E-state index contributed by atoms with van der Waals surface area (Å²) in [6.07, 6.45) is 11.5. The summed E-state index contributed by atoms with van der Waals surface area (Å²) < 4.78 is 5.89. The lowest BCUT2D eigenvalue weighted by Gasteiger charge is -2.72. The van der Waals surface area contributed by atoms with Gasteiger partial charge in [-0.25, -0.2) is 0 Å². The standard InChI is InChI=1S/C31H50O3/c1-19(2)21-11-16-31(33)18-17-29(7)22(26(21)31)9-10-24-28(6)14-13-25(34-20(3)32)27(4,5)23(28)12-15-30(24,29)8/h21-26,33H,1,9-18H2,2-8H3/t21?,22?,23?,24-,25+,26?,28+,29+,30-,31+/m1/s1. The van der Waals surface area contributed by atoms with E-state index in [4.69, 9.17) is 4.74 Å². The van der Waals surface area contributed by atoms with Crippen molar-refractivity contribution >= 4 is 5.97 Å². The van der Waals surface area contributed by atoms with Gasteiger partial charge in [-0.2, -0.15) is 0 Å². The molecule has 0 spiro atoms. The molecule has 1 N–H and O–H groups in total. The van der Waals surface area contributed by atoms with Crippen LogP contribution in [0.1, 0.15) is 113 Å². The van der Waals surface area contributed by atoms with Gasteiger partial charge in [0, 0.05) is 12.3 Å². The largest absolute Gasteiger partial charge is 0.462 e. The van der Waals surface area contributed by atoms with Crippen molar-refractivity contribution in [1.82, 2.24) is 0 Å². The average Bonchev–Trinajstić information content (AvgIpc) is 3.08. The zero-order valence-corrected chi connectivity index (χ0v) is 23.0. The molecule has 34 heavy (non-hydrogen) atoms. The lowest BCUT2D eigenvalue weighted by atomic mass is 9.33. The smallest absolute Gasteiger partial charge is 0.302 e. The third-order valence-electron chi connectivity index (χ3n) is 13.3. The van der Waals surface area contributed by atoms with Crippen LogP contribution in [0.4, 0.5) is 0 Å². The molecule has 5 rings (SSSR count). The van der Waals surface area contributed by atoms with Crippen LogP contribution in [0, 0.1) is 51.2 Å². The van der Waals surface area contributed by atoms with E-state index in [-0.39, 0.29) is 28.3 Å². The molecule has 3 nitrogen and oxygen atoms in total. The summed E-state index contributed by atoms with van der Waals surface area (Å²) in [6, 6.07) is 0. The molecule has 5 aliphatic carbocycles. The molecule has 0 aromatic heterocycles. The van der Waals surface area contributed by atoms with Crippen LogP contribution < -0.4 is 0 Å². The van der Waals surface area contributed by atoms with Crippen LogP contribution in [0.2, 0.25) is 0 Å². The van der Waals surface area contributed by atoms with E-state index in [1.54, 1.807) is 6.92 Å². The second-order valence-corrected chi connectivity index (χ2v) is 14.7. The number of carbonyl (C=O) groups is 1. The number of ether oxygens (including phenoxy) is 1. The number of aliphatic hydroxyl groups is 1. The van der Waals surface area contributed by atoms with E-state index in [0.717, 1.165) is 25.7 Å². The fourth-order valence-corrected chi connectivity index (χ4v) is 11.5. The molecule has 0 aromatic carbocycles. The van der Waals surface area contributed by atoms with Gasteiger partial charge in [-0.1, -0.05) is 46.8 Å². The Kier molecular flexibility index (Phi) is 5.55. The van der Waals surface area contributed by atoms with Crippen LogP contribution in [0.3, 0.4) is 0 Å². The molecule has 0 radical (unpaired) electrons. The van der Waals surface area contributed by atoms with E-state index in [2.05, 4.69) is 48.1 Å². The molecule has 4 unspecified atom stereocenters. The van der Waals surface area contributed by atoms with Crippen LogP contribution in [0.5, 0.6) is 0 Å². The van der Waals surface area contributed by atoms with Crippen molar-refractivity contribution in [1.29, 1.82) is 0 Å². The highest BCUT2D eigenvalue weighted by molar-refractivity contribution is 5.66. The molecule has 5 saturated carbocycles. The number of hydrogen-bond donors (Lipinski definition) is 1. The van der Waals surface area contributed by atoms with Crippen LogP contribution in [-0.4, -0.2) is 22.8 Å². The lowest BCUT2D eigenvalue weighted by molar-refractivity contribution is -0.255. The summed E-state index contributed by atoms with van der Waals surface area (Å²) in [7, 11) is 0. The first-order chi connectivity index (χ1) is 15.7. The summed E-state index contributed by atoms with van der Waals surface area (Å²) in [4.78, 5) is 11.9. The summed E-state index contributed by atoms with van der Waals surface area (Å²) in [6.45, 7) is 20.7. The first-order valence-corrected chi connectivity index (χ1v) is 14.3. The molecule has 0 bridgehead atoms. The molecular formula is C31H50O3. The van der Waals surface area contributed by atoms with Crippen LogP contribution in [0.15, 0.2) is 12.2 Å². The first kappa shape index (κ1) is 24.8. The predicted octanol–water partition coefficient (Wildman–Crippen LogP) is 7.32. The number of hydrogen-bond acceptors (Lipinski definition) is 3. The van der Waals surface area contributed by atoms with Crippen LogP contribution in [0.25, 0.3) is 0 Å². The zero-order chi connectivity index (χ0) is 24.9. The molecule has 3 heteroatoms. The number of rotatable bonds is 2. The summed E-state index contributed by atoms with van der Waals surface area (Å²) in [5.74, 6) is 2.64. The average molecular weight is 471 g/mol. The Morgan fingerprint density at radius 3 is 2.18 bits per heavy atom. The Labute approximate surface area is 208 Å². The number of allylic oxidation sites excluding steroid dienone is 1. The number of fused-ring (bicyclic) bond motifs is 7. The van der Waals surface area contributed by atoms with Gasteiger partial charge in [0.05, 0.1) is 5.60 Å². The van der Waals surface area contributed by atoms with Gasteiger partial charge in [-0.15, -0.1) is 0 Å². The second kappa shape index (κ2) is 7.59. The number of carbonyl (C=O) groups excluding carboxylic acids is 1. The molecule has 0 aliphatic heterocycles. The highest BCUT2D eigenvalue weighted by Crippen LogP contribution is 2.76. The van der Waals surface area contributed by atoms with Crippen molar-refractivity contribution in [2.45, 2.75) is 124 Å². The Morgan fingerprint density at radius 2 is 1.53 bits per heavy atom. The topological polar surface area (TPSA) is 46.5 Å². The molecular weight excluding hydrogens is 420 g/mol. The van der Waals surface area contributed by atoms with Gasteiger partial charge in [0.1, 0.15) is 6.10 Å². The van der Waals surface area contributed by atoms with E-state index in [1.807, 2.05) is 0 Å². The first-order valence-electron chi connectivity index (χ1n) is 14.3. The Bertz CT molecular complexity index is 876. The van der Waals surface area contributed by atoms with E-state index in [9.17, 15) is 9.90 Å². The van der Waals surface area contributed by atoms with Gasteiger partial charge >= 0.3 is 5.97 Å². The maximum absolute atomic E-state index is 11.9. The third kappa shape index (κ3) is 3.07. The maximum Gasteiger partial charge on any atom is 0.302 e. The van der Waals surface area contributed by atoms with Crippen molar-refractivity contribution in [2.24, 2.45) is 51.2 Å². The molecule has 0 saturated heterocycles. The SMILES string of the molecule is C=C(C)C1CC[C@]2(O)CC[C@@]3(C)C(CC[C@@H]4[C@@]5(C)CC[C@H](OC(C)=O)C(C)(C)C5CC[C@]43C)C12. The highest BCUT2D eigenvalue weighted by atomic mass is 16.5. The molecule has 0 aromatic rings. The molecule has 0 amide bonds. The van der Waals surface area contributed by atoms with E-state index >= 15 is 0 Å². The predicted molar refractivity (Wildman–Crippen MR) is 137 cm³/mol. The van der Waals surface area contributed by atoms with Crippen molar-refractivity contribution < 1.29 is 14.6 Å². The fraction of sp³-hybridized carbons (Fsp3) is 0.903. The van der Waals surface area contributed by atoms with Gasteiger partial charge in [0.25, 0.3) is 0 Å². The van der Waals surface area contributed by atoms with Gasteiger partial charge in [0.2, 0.25) is 0 Å². The Balaban J connectivity index is 1.50. The molecule has 10 atom stereocenters. The summed E-state index contributed by atoms with van der Waals surface area (Å²) >= 11 is 0. The van der Waals surface area contributed by atoms with Crippen molar-refractivity contribution in [3.8, 4) is 0 Å². The highest BCUT2D eigenvalue weighted by Gasteiger charge is 2.71. The molecule has 5 fully saturated rings. The monoisotopic (exact) mass is 470 g/mol. The molecule has 0 heterocycles. The quantitative estimate of drug-likeness (QED) is 0.340. The molecule has 192 valence electrons. The van der Waals surface area contributed by atoms with Crippen LogP contribution in [-0.2, 0) is 9.53 Å². The fourth-order valence-electron chi connectivity index (χ4n) is 11.5. The van der Waals surface area contributed by atoms with Crippen molar-refractivity contribution in [3.05, 3.63) is 12.2 Å². The number of esters is 1.